The molecule has 0 unspecified atom stereocenters. The average Bonchev–Trinajstić information content (AvgIpc) is 3.42. The zero-order valence-electron chi connectivity index (χ0n) is 21.3. The maximum Gasteiger partial charge on any atom is 0.434 e. The van der Waals surface area contributed by atoms with Gasteiger partial charge in [-0.15, -0.1) is 0 Å². The Labute approximate surface area is 228 Å². The Hall–Kier alpha value is -2.82. The minimum Gasteiger partial charge on any atom is -0.444 e. The second-order valence-electron chi connectivity index (χ2n) is 10.5. The molecule has 3 aliphatic rings. The molecule has 6 rings (SSSR count). The molecule has 1 aromatic heterocycles. The van der Waals surface area contributed by atoms with Crippen LogP contribution in [0.15, 0.2) is 42.6 Å². The van der Waals surface area contributed by atoms with Crippen LogP contribution in [0.4, 0.5) is 17.6 Å². The Kier molecular flexibility index (Phi) is 6.76. The predicted octanol–water partition coefficient (Wildman–Crippen LogP) is 6.51. The summed E-state index contributed by atoms with van der Waals surface area (Å²) in [5, 5.41) is 0.288. The fraction of sp³-hybridized carbons (Fsp3) is 0.464. The van der Waals surface area contributed by atoms with Gasteiger partial charge in [0.15, 0.2) is 17.2 Å². The SMILES string of the molecule is C[C@]1(c2ccc(Cl)cc2F)Oc2cccc(C3CCN(Cc4nc(C(F)(F)F)cn4C[C@@H]4CCO4)CC3)c2O1. The number of ether oxygens (including phenoxy) is 3. The zero-order valence-corrected chi connectivity index (χ0v) is 22.1. The molecule has 3 aliphatic heterocycles. The van der Waals surface area contributed by atoms with Gasteiger partial charge in [0.25, 0.3) is 5.79 Å². The van der Waals surface area contributed by atoms with E-state index in [1.165, 1.54) is 6.07 Å². The molecule has 0 aliphatic carbocycles. The molecule has 0 saturated carbocycles. The first-order chi connectivity index (χ1) is 18.6. The number of piperidine rings is 1. The summed E-state index contributed by atoms with van der Waals surface area (Å²) in [5.41, 5.74) is 0.363. The maximum absolute atomic E-state index is 14.7. The van der Waals surface area contributed by atoms with Crippen LogP contribution in [0.2, 0.25) is 5.02 Å². The number of halogens is 5. The zero-order chi connectivity index (χ0) is 27.4. The van der Waals surface area contributed by atoms with Crippen molar-refractivity contribution >= 4 is 11.6 Å². The van der Waals surface area contributed by atoms with Crippen LogP contribution in [0, 0.1) is 5.82 Å². The molecule has 2 fully saturated rings. The molecule has 11 heteroatoms. The monoisotopic (exact) mass is 565 g/mol. The molecule has 0 radical (unpaired) electrons. The van der Waals surface area contributed by atoms with Crippen molar-refractivity contribution in [2.45, 2.75) is 63.3 Å². The Morgan fingerprint density at radius 1 is 1.10 bits per heavy atom. The fourth-order valence-corrected chi connectivity index (χ4v) is 5.72. The van der Waals surface area contributed by atoms with Crippen molar-refractivity contribution in [3.05, 3.63) is 76.1 Å². The van der Waals surface area contributed by atoms with Crippen molar-refractivity contribution < 1.29 is 31.8 Å². The highest BCUT2D eigenvalue weighted by Crippen LogP contribution is 2.50. The van der Waals surface area contributed by atoms with Crippen LogP contribution in [0.5, 0.6) is 11.5 Å². The molecule has 3 aromatic rings. The van der Waals surface area contributed by atoms with Crippen LogP contribution in [-0.2, 0) is 29.8 Å². The Morgan fingerprint density at radius 2 is 1.87 bits per heavy atom. The van der Waals surface area contributed by atoms with E-state index in [1.54, 1.807) is 29.7 Å². The first-order valence-corrected chi connectivity index (χ1v) is 13.4. The van der Waals surface area contributed by atoms with Gasteiger partial charge in [0.1, 0.15) is 11.6 Å². The van der Waals surface area contributed by atoms with E-state index < -0.39 is 23.5 Å². The number of rotatable bonds is 6. The quantitative estimate of drug-likeness (QED) is 0.319. The van der Waals surface area contributed by atoms with E-state index in [1.807, 2.05) is 12.1 Å². The van der Waals surface area contributed by atoms with Crippen molar-refractivity contribution in [3.63, 3.8) is 0 Å². The van der Waals surface area contributed by atoms with Gasteiger partial charge in [-0.25, -0.2) is 9.37 Å². The lowest BCUT2D eigenvalue weighted by molar-refractivity contribution is -0.141. The Balaban J connectivity index is 1.15. The maximum atomic E-state index is 14.7. The van der Waals surface area contributed by atoms with E-state index >= 15 is 0 Å². The van der Waals surface area contributed by atoms with Gasteiger partial charge in [-0.2, -0.15) is 13.2 Å². The number of hydrogen-bond acceptors (Lipinski definition) is 5. The molecular formula is C28H28ClF4N3O3. The number of hydrogen-bond donors (Lipinski definition) is 0. The summed E-state index contributed by atoms with van der Waals surface area (Å²) in [6.07, 6.45) is -1.07. The van der Waals surface area contributed by atoms with Gasteiger partial charge >= 0.3 is 6.18 Å². The van der Waals surface area contributed by atoms with E-state index in [4.69, 9.17) is 25.8 Å². The van der Waals surface area contributed by atoms with Crippen LogP contribution < -0.4 is 9.47 Å². The fourth-order valence-electron chi connectivity index (χ4n) is 5.56. The molecule has 2 saturated heterocycles. The van der Waals surface area contributed by atoms with Gasteiger partial charge in [0, 0.05) is 30.3 Å². The standard InChI is InChI=1S/C28H28ClF4N3O3/c1-27(21-6-5-18(29)13-22(21)30)38-23-4-2-3-20(26(23)39-27)17-7-10-35(11-8-17)16-25-34-24(28(31,32)33)15-36(25)14-19-9-12-37-19/h2-6,13,15,17,19H,7-12,14,16H2,1H3/t19-,27-/m0/s1. The highest BCUT2D eigenvalue weighted by atomic mass is 35.5. The number of fused-ring (bicyclic) bond motifs is 1. The van der Waals surface area contributed by atoms with E-state index in [0.717, 1.165) is 31.0 Å². The highest BCUT2D eigenvalue weighted by Gasteiger charge is 2.43. The van der Waals surface area contributed by atoms with Gasteiger partial charge < -0.3 is 18.8 Å². The summed E-state index contributed by atoms with van der Waals surface area (Å²) in [5.74, 6) is -0.139. The molecule has 0 spiro atoms. The number of nitrogens with zero attached hydrogens (tertiary/aromatic N) is 3. The molecule has 0 bridgehead atoms. The number of benzene rings is 2. The summed E-state index contributed by atoms with van der Waals surface area (Å²) in [4.78, 5) is 6.06. The van der Waals surface area contributed by atoms with Crippen molar-refractivity contribution in [3.8, 4) is 11.5 Å². The van der Waals surface area contributed by atoms with Crippen LogP contribution >= 0.6 is 11.6 Å². The van der Waals surface area contributed by atoms with E-state index in [0.29, 0.717) is 50.1 Å². The molecular weight excluding hydrogens is 538 g/mol. The van der Waals surface area contributed by atoms with Crippen LogP contribution in [-0.4, -0.2) is 40.3 Å². The van der Waals surface area contributed by atoms with E-state index in [-0.39, 0.29) is 22.6 Å². The molecule has 2 aromatic carbocycles. The predicted molar refractivity (Wildman–Crippen MR) is 135 cm³/mol. The van der Waals surface area contributed by atoms with Crippen molar-refractivity contribution in [2.24, 2.45) is 0 Å². The normalized spacial score (nSPS) is 23.7. The van der Waals surface area contributed by atoms with Crippen LogP contribution in [0.3, 0.4) is 0 Å². The second kappa shape index (κ2) is 9.98. The largest absolute Gasteiger partial charge is 0.444 e. The summed E-state index contributed by atoms with van der Waals surface area (Å²) >= 11 is 5.92. The third-order valence-corrected chi connectivity index (χ3v) is 8.00. The second-order valence-corrected chi connectivity index (χ2v) is 10.9. The lowest BCUT2D eigenvalue weighted by Crippen LogP contribution is -2.35. The third-order valence-electron chi connectivity index (χ3n) is 7.77. The van der Waals surface area contributed by atoms with Gasteiger partial charge in [-0.3, -0.25) is 4.90 Å². The third kappa shape index (κ3) is 5.21. The smallest absolute Gasteiger partial charge is 0.434 e. The topological polar surface area (TPSA) is 48.8 Å². The Bertz CT molecular complexity index is 1370. The van der Waals surface area contributed by atoms with Gasteiger partial charge in [0.05, 0.1) is 24.8 Å². The van der Waals surface area contributed by atoms with Crippen LogP contribution in [0.1, 0.15) is 54.7 Å². The van der Waals surface area contributed by atoms with Crippen LogP contribution in [0.25, 0.3) is 0 Å². The molecule has 2 atom stereocenters. The molecule has 4 heterocycles. The first-order valence-electron chi connectivity index (χ1n) is 13.0. The highest BCUT2D eigenvalue weighted by molar-refractivity contribution is 6.30. The number of aromatic nitrogens is 2. The molecule has 6 nitrogen and oxygen atoms in total. The Morgan fingerprint density at radius 3 is 2.54 bits per heavy atom. The summed E-state index contributed by atoms with van der Waals surface area (Å²) < 4.78 is 74.2. The number of likely N-dealkylation sites (tertiary alicyclic amines) is 1. The molecule has 0 N–H and O–H groups in total. The van der Waals surface area contributed by atoms with Gasteiger partial charge in [-0.05, 0) is 62.5 Å². The lowest BCUT2D eigenvalue weighted by Gasteiger charge is -2.33. The molecule has 0 amide bonds. The summed E-state index contributed by atoms with van der Waals surface area (Å²) in [6.45, 7) is 4.39. The van der Waals surface area contributed by atoms with Crippen molar-refractivity contribution in [1.82, 2.24) is 14.5 Å². The number of para-hydroxylation sites is 1. The van der Waals surface area contributed by atoms with E-state index in [2.05, 4.69) is 9.88 Å². The lowest BCUT2D eigenvalue weighted by atomic mass is 9.88. The van der Waals surface area contributed by atoms with Crippen molar-refractivity contribution in [1.29, 1.82) is 0 Å². The van der Waals surface area contributed by atoms with Crippen molar-refractivity contribution in [2.75, 3.05) is 19.7 Å². The van der Waals surface area contributed by atoms with Gasteiger partial charge in [0.2, 0.25) is 0 Å². The summed E-state index contributed by atoms with van der Waals surface area (Å²) in [6, 6.07) is 10.1. The summed E-state index contributed by atoms with van der Waals surface area (Å²) in [7, 11) is 0. The average molecular weight is 566 g/mol. The van der Waals surface area contributed by atoms with Gasteiger partial charge in [-0.1, -0.05) is 23.7 Å². The van der Waals surface area contributed by atoms with E-state index in [9.17, 15) is 17.6 Å². The molecule has 208 valence electrons. The minimum atomic E-state index is -4.49. The minimum absolute atomic E-state index is 0.0702. The number of alkyl halides is 3. The molecule has 39 heavy (non-hydrogen) atoms. The first kappa shape index (κ1) is 26.4. The number of imidazole rings is 1.